The average molecular weight is 343 g/mol. The number of sulfone groups is 1. The highest BCUT2D eigenvalue weighted by Gasteiger charge is 2.26. The van der Waals surface area contributed by atoms with Crippen LogP contribution in [0.3, 0.4) is 0 Å². The van der Waals surface area contributed by atoms with Crippen molar-refractivity contribution in [3.8, 4) is 0 Å². The Morgan fingerprint density at radius 1 is 1.18 bits per heavy atom. The van der Waals surface area contributed by atoms with Gasteiger partial charge in [0.15, 0.2) is 9.84 Å². The minimum atomic E-state index is -3.79. The second kappa shape index (κ2) is 6.58. The van der Waals surface area contributed by atoms with Crippen molar-refractivity contribution in [2.24, 2.45) is 0 Å². The van der Waals surface area contributed by atoms with Gasteiger partial charge in [-0.25, -0.2) is 17.2 Å². The van der Waals surface area contributed by atoms with E-state index in [0.717, 1.165) is 18.2 Å². The first-order valence-corrected chi connectivity index (χ1v) is 8.33. The topological polar surface area (TPSA) is 34.1 Å². The van der Waals surface area contributed by atoms with Gasteiger partial charge in [0, 0.05) is 0 Å². The summed E-state index contributed by atoms with van der Waals surface area (Å²) >= 11 is 5.63. The molecule has 2 rings (SSSR count). The molecule has 2 aromatic carbocycles. The summed E-state index contributed by atoms with van der Waals surface area (Å²) in [4.78, 5) is -0.0970. The summed E-state index contributed by atoms with van der Waals surface area (Å²) in [5.74, 6) is -1.14. The quantitative estimate of drug-likeness (QED) is 0.603. The van der Waals surface area contributed by atoms with Crippen LogP contribution in [-0.4, -0.2) is 13.7 Å². The van der Waals surface area contributed by atoms with E-state index in [1.54, 1.807) is 6.07 Å². The molecule has 1 atom stereocenters. The molecule has 2 aromatic rings. The van der Waals surface area contributed by atoms with Gasteiger partial charge in [0.05, 0.1) is 15.2 Å². The van der Waals surface area contributed by atoms with Crippen molar-refractivity contribution in [3.63, 3.8) is 0 Å². The van der Waals surface area contributed by atoms with Crippen molar-refractivity contribution in [3.05, 3.63) is 77.3 Å². The average Bonchev–Trinajstić information content (AvgIpc) is 2.47. The summed E-state index contributed by atoms with van der Waals surface area (Å²) in [6.07, 6.45) is 1.34. The predicted octanol–water partition coefficient (Wildman–Crippen LogP) is 4.19. The third-order valence-corrected chi connectivity index (χ3v) is 5.56. The summed E-state index contributed by atoms with van der Waals surface area (Å²) in [6, 6.07) is 8.90. The SMILES string of the molecule is C=CC(Cc1cccc(F)c1)S(=O)(=O)c1ccc(F)c(Cl)c1. The molecule has 116 valence electrons. The zero-order valence-electron chi connectivity index (χ0n) is 11.5. The lowest BCUT2D eigenvalue weighted by atomic mass is 10.1. The number of hydrogen-bond donors (Lipinski definition) is 0. The Labute approximate surface area is 133 Å². The molecule has 6 heteroatoms. The largest absolute Gasteiger partial charge is 0.223 e. The molecule has 0 bridgehead atoms. The lowest BCUT2D eigenvalue weighted by Crippen LogP contribution is -2.22. The molecule has 0 saturated carbocycles. The van der Waals surface area contributed by atoms with E-state index in [9.17, 15) is 17.2 Å². The van der Waals surface area contributed by atoms with Crippen LogP contribution in [0.15, 0.2) is 60.0 Å². The van der Waals surface area contributed by atoms with Gasteiger partial charge < -0.3 is 0 Å². The second-order valence-corrected chi connectivity index (χ2v) is 7.30. The Bertz CT molecular complexity index is 804. The Balaban J connectivity index is 2.36. The van der Waals surface area contributed by atoms with Crippen LogP contribution < -0.4 is 0 Å². The highest BCUT2D eigenvalue weighted by Crippen LogP contribution is 2.25. The van der Waals surface area contributed by atoms with Crippen molar-refractivity contribution in [2.75, 3.05) is 0 Å². The molecule has 0 aliphatic rings. The molecule has 2 nitrogen and oxygen atoms in total. The van der Waals surface area contributed by atoms with E-state index in [1.165, 1.54) is 24.3 Å². The van der Waals surface area contributed by atoms with Gasteiger partial charge in [0.25, 0.3) is 0 Å². The summed E-state index contributed by atoms with van der Waals surface area (Å²) in [5.41, 5.74) is 0.529. The van der Waals surface area contributed by atoms with Crippen LogP contribution in [0.5, 0.6) is 0 Å². The molecule has 1 unspecified atom stereocenters. The first kappa shape index (κ1) is 16.6. The summed E-state index contributed by atoms with van der Waals surface area (Å²) < 4.78 is 51.5. The molecule has 22 heavy (non-hydrogen) atoms. The molecule has 0 aliphatic carbocycles. The van der Waals surface area contributed by atoms with E-state index >= 15 is 0 Å². The maximum absolute atomic E-state index is 13.2. The van der Waals surface area contributed by atoms with E-state index in [1.807, 2.05) is 0 Å². The van der Waals surface area contributed by atoms with Gasteiger partial charge in [0.2, 0.25) is 0 Å². The first-order valence-electron chi connectivity index (χ1n) is 6.40. The monoisotopic (exact) mass is 342 g/mol. The van der Waals surface area contributed by atoms with Crippen LogP contribution in [0.1, 0.15) is 5.56 Å². The molecule has 0 saturated heterocycles. The third-order valence-electron chi connectivity index (χ3n) is 3.21. The lowest BCUT2D eigenvalue weighted by molar-refractivity contribution is 0.585. The van der Waals surface area contributed by atoms with Gasteiger partial charge in [-0.3, -0.25) is 0 Å². The zero-order valence-corrected chi connectivity index (χ0v) is 13.0. The molecular weight excluding hydrogens is 330 g/mol. The lowest BCUT2D eigenvalue weighted by Gasteiger charge is -2.14. The predicted molar refractivity (Wildman–Crippen MR) is 82.7 cm³/mol. The van der Waals surface area contributed by atoms with E-state index in [2.05, 4.69) is 6.58 Å². The van der Waals surface area contributed by atoms with Crippen molar-refractivity contribution in [2.45, 2.75) is 16.6 Å². The number of halogens is 3. The number of benzene rings is 2. The van der Waals surface area contributed by atoms with Gasteiger partial charge >= 0.3 is 0 Å². The van der Waals surface area contributed by atoms with Gasteiger partial charge in [-0.2, -0.15) is 0 Å². The fourth-order valence-corrected chi connectivity index (χ4v) is 3.84. The summed E-state index contributed by atoms with van der Waals surface area (Å²) in [6.45, 7) is 3.53. The summed E-state index contributed by atoms with van der Waals surface area (Å²) in [7, 11) is -3.79. The van der Waals surface area contributed by atoms with Crippen LogP contribution in [0.4, 0.5) is 8.78 Å². The highest BCUT2D eigenvalue weighted by atomic mass is 35.5. The Kier molecular flexibility index (Phi) is 4.98. The van der Waals surface area contributed by atoms with Gasteiger partial charge in [-0.05, 0) is 42.3 Å². The number of hydrogen-bond acceptors (Lipinski definition) is 2. The fraction of sp³-hybridized carbons (Fsp3) is 0.125. The van der Waals surface area contributed by atoms with E-state index < -0.39 is 26.7 Å². The first-order chi connectivity index (χ1) is 10.3. The third kappa shape index (κ3) is 3.54. The molecule has 0 amide bonds. The Morgan fingerprint density at radius 2 is 1.91 bits per heavy atom. The fourth-order valence-electron chi connectivity index (χ4n) is 2.04. The van der Waals surface area contributed by atoms with Crippen LogP contribution in [0.25, 0.3) is 0 Å². The van der Waals surface area contributed by atoms with Crippen LogP contribution in [0.2, 0.25) is 5.02 Å². The highest BCUT2D eigenvalue weighted by molar-refractivity contribution is 7.92. The molecule has 0 radical (unpaired) electrons. The van der Waals surface area contributed by atoms with E-state index in [4.69, 9.17) is 11.6 Å². The number of rotatable bonds is 5. The van der Waals surface area contributed by atoms with Crippen molar-refractivity contribution >= 4 is 21.4 Å². The van der Waals surface area contributed by atoms with Gasteiger partial charge in [-0.15, -0.1) is 6.58 Å². The zero-order chi connectivity index (χ0) is 16.3. The normalized spacial score (nSPS) is 12.9. The molecule has 0 fully saturated rings. The molecule has 0 spiro atoms. The van der Waals surface area contributed by atoms with Crippen molar-refractivity contribution < 1.29 is 17.2 Å². The van der Waals surface area contributed by atoms with Crippen LogP contribution in [-0.2, 0) is 16.3 Å². The maximum Gasteiger partial charge on any atom is 0.185 e. The standard InChI is InChI=1S/C16H13ClF2O2S/c1-2-13(9-11-4-3-5-12(18)8-11)22(20,21)14-6-7-16(19)15(17)10-14/h2-8,10,13H,1,9H2. The molecular formula is C16H13ClF2O2S. The van der Waals surface area contributed by atoms with Gasteiger partial charge in [-0.1, -0.05) is 29.8 Å². The van der Waals surface area contributed by atoms with Crippen LogP contribution in [0, 0.1) is 11.6 Å². The Hall–Kier alpha value is -1.72. The smallest absolute Gasteiger partial charge is 0.185 e. The van der Waals surface area contributed by atoms with E-state index in [-0.39, 0.29) is 16.3 Å². The molecule has 0 heterocycles. The summed E-state index contributed by atoms with van der Waals surface area (Å²) in [5, 5.41) is -1.23. The minimum Gasteiger partial charge on any atom is -0.223 e. The minimum absolute atomic E-state index is 0.0680. The molecule has 0 aliphatic heterocycles. The second-order valence-electron chi connectivity index (χ2n) is 4.73. The van der Waals surface area contributed by atoms with E-state index in [0.29, 0.717) is 5.56 Å². The van der Waals surface area contributed by atoms with Gasteiger partial charge in [0.1, 0.15) is 11.6 Å². The molecule has 0 aromatic heterocycles. The van der Waals surface area contributed by atoms with Crippen molar-refractivity contribution in [1.82, 2.24) is 0 Å². The molecule has 0 N–H and O–H groups in total. The Morgan fingerprint density at radius 3 is 2.50 bits per heavy atom. The van der Waals surface area contributed by atoms with Crippen LogP contribution >= 0.6 is 11.6 Å². The maximum atomic E-state index is 13.2. The van der Waals surface area contributed by atoms with Crippen molar-refractivity contribution in [1.29, 1.82) is 0 Å².